The van der Waals surface area contributed by atoms with E-state index < -0.39 is 17.5 Å². The summed E-state index contributed by atoms with van der Waals surface area (Å²) in [6.45, 7) is 4.22. The molecule has 0 amide bonds. The summed E-state index contributed by atoms with van der Waals surface area (Å²) < 4.78 is 58.8. The summed E-state index contributed by atoms with van der Waals surface area (Å²) in [4.78, 5) is 18.7. The van der Waals surface area contributed by atoms with Crippen LogP contribution in [0.5, 0.6) is 11.9 Å². The second kappa shape index (κ2) is 9.65. The van der Waals surface area contributed by atoms with Crippen molar-refractivity contribution in [3.8, 4) is 23.1 Å². The summed E-state index contributed by atoms with van der Waals surface area (Å²) in [6, 6.07) is 9.08. The van der Waals surface area contributed by atoms with Gasteiger partial charge in [0.2, 0.25) is 5.88 Å². The molecule has 4 saturated heterocycles. The van der Waals surface area contributed by atoms with Crippen molar-refractivity contribution in [2.75, 3.05) is 37.7 Å². The maximum absolute atomic E-state index is 16.9. The van der Waals surface area contributed by atoms with Crippen LogP contribution in [0.25, 0.3) is 32.9 Å². The van der Waals surface area contributed by atoms with Crippen LogP contribution in [0.3, 0.4) is 0 Å². The lowest BCUT2D eigenvalue weighted by atomic mass is 9.95. The molecule has 0 radical (unpaired) electrons. The monoisotopic (exact) mass is 602 g/mol. The minimum absolute atomic E-state index is 0.0275. The second-order valence-corrected chi connectivity index (χ2v) is 13.2. The molecule has 4 aromatic rings. The second-order valence-electron chi connectivity index (χ2n) is 13.2. The third kappa shape index (κ3) is 3.87. The molecule has 4 fully saturated rings. The fourth-order valence-electron chi connectivity index (χ4n) is 8.54. The smallest absolute Gasteiger partial charge is 0.319 e. The van der Waals surface area contributed by atoms with Crippen LogP contribution < -0.4 is 19.7 Å². The zero-order valence-corrected chi connectivity index (χ0v) is 24.5. The van der Waals surface area contributed by atoms with Crippen LogP contribution in [0.2, 0.25) is 0 Å². The Morgan fingerprint density at radius 3 is 2.91 bits per heavy atom. The Hall–Kier alpha value is -3.70. The number of ether oxygens (including phenoxy) is 2. The van der Waals surface area contributed by atoms with E-state index >= 15 is 4.39 Å². The standard InChI is InChI=1S/C33H33F3N6O2/c1-17-22(35)8-6-18-4-2-5-21(25(17)18)28-27(36)29-26-30(42-14-20-7-9-23(37-20)24(42)15-43-31(26)38-28)40-32(39-29)44-16-33-10-3-11-41(33)13-19(34)12-33/h2,4-6,8,19-20,23-24,37H,3,7,9-16H2,1H3. The molecule has 8 nitrogen and oxygen atoms in total. The van der Waals surface area contributed by atoms with E-state index in [9.17, 15) is 8.78 Å². The summed E-state index contributed by atoms with van der Waals surface area (Å²) >= 11 is 0. The number of alkyl halides is 1. The maximum atomic E-state index is 16.9. The molecule has 228 valence electrons. The minimum Gasteiger partial charge on any atom is -0.475 e. The van der Waals surface area contributed by atoms with Gasteiger partial charge in [-0.05, 0) is 61.6 Å². The van der Waals surface area contributed by atoms with Crippen LogP contribution in [-0.4, -0.2) is 82.5 Å². The quantitative estimate of drug-likeness (QED) is 0.347. The van der Waals surface area contributed by atoms with E-state index in [1.165, 1.54) is 6.07 Å². The number of rotatable bonds is 4. The van der Waals surface area contributed by atoms with Crippen molar-refractivity contribution >= 4 is 27.5 Å². The number of piperazine rings is 1. The van der Waals surface area contributed by atoms with Gasteiger partial charge in [-0.1, -0.05) is 24.3 Å². The Morgan fingerprint density at radius 1 is 1.09 bits per heavy atom. The summed E-state index contributed by atoms with van der Waals surface area (Å²) in [6.07, 6.45) is 3.41. The highest BCUT2D eigenvalue weighted by Gasteiger charge is 2.50. The number of fused-ring (bicyclic) bond motifs is 7. The van der Waals surface area contributed by atoms with Crippen LogP contribution >= 0.6 is 0 Å². The predicted molar refractivity (Wildman–Crippen MR) is 160 cm³/mol. The molecule has 9 rings (SSSR count). The van der Waals surface area contributed by atoms with E-state index in [1.54, 1.807) is 19.1 Å². The summed E-state index contributed by atoms with van der Waals surface area (Å²) in [5.74, 6) is -0.206. The fraction of sp³-hybridized carbons (Fsp3) is 0.485. The van der Waals surface area contributed by atoms with Crippen molar-refractivity contribution in [3.05, 3.63) is 47.5 Å². The first-order valence-corrected chi connectivity index (χ1v) is 15.7. The van der Waals surface area contributed by atoms with Crippen molar-refractivity contribution in [2.24, 2.45) is 0 Å². The van der Waals surface area contributed by atoms with Gasteiger partial charge < -0.3 is 19.7 Å². The van der Waals surface area contributed by atoms with E-state index in [0.29, 0.717) is 59.9 Å². The Kier molecular flexibility index (Phi) is 5.85. The zero-order chi connectivity index (χ0) is 29.7. The van der Waals surface area contributed by atoms with Crippen molar-refractivity contribution < 1.29 is 22.6 Å². The Labute approximate surface area is 252 Å². The van der Waals surface area contributed by atoms with Crippen LogP contribution in [0.1, 0.15) is 37.7 Å². The van der Waals surface area contributed by atoms with Crippen molar-refractivity contribution in [1.82, 2.24) is 25.2 Å². The highest BCUT2D eigenvalue weighted by molar-refractivity contribution is 6.02. The number of nitrogens with one attached hydrogen (secondary N) is 1. The average Bonchev–Trinajstić information content (AvgIpc) is 3.66. The van der Waals surface area contributed by atoms with E-state index in [1.807, 2.05) is 12.1 Å². The van der Waals surface area contributed by atoms with Gasteiger partial charge in [0.1, 0.15) is 47.6 Å². The van der Waals surface area contributed by atoms with Gasteiger partial charge in [-0.25, -0.2) is 18.2 Å². The van der Waals surface area contributed by atoms with E-state index in [-0.39, 0.29) is 47.6 Å². The lowest BCUT2D eigenvalue weighted by Gasteiger charge is -2.40. The van der Waals surface area contributed by atoms with Crippen molar-refractivity contribution in [3.63, 3.8) is 0 Å². The van der Waals surface area contributed by atoms with Gasteiger partial charge in [-0.2, -0.15) is 9.97 Å². The first kappa shape index (κ1) is 26.7. The number of halogens is 3. The molecule has 2 aromatic heterocycles. The molecule has 2 aromatic carbocycles. The van der Waals surface area contributed by atoms with Crippen LogP contribution in [0.4, 0.5) is 19.0 Å². The number of pyridine rings is 1. The topological polar surface area (TPSA) is 75.6 Å². The fourth-order valence-corrected chi connectivity index (χ4v) is 8.54. The average molecular weight is 603 g/mol. The van der Waals surface area contributed by atoms with Gasteiger partial charge in [-0.3, -0.25) is 4.90 Å². The molecule has 0 saturated carbocycles. The minimum atomic E-state index is -0.891. The number of aryl methyl sites for hydroxylation is 1. The number of nitrogens with zero attached hydrogens (tertiary/aromatic N) is 5. The van der Waals surface area contributed by atoms with Gasteiger partial charge in [0.05, 0.1) is 11.6 Å². The highest BCUT2D eigenvalue weighted by atomic mass is 19.1. The number of hydrogen-bond acceptors (Lipinski definition) is 8. The third-order valence-corrected chi connectivity index (χ3v) is 10.7. The molecule has 5 aliphatic rings. The maximum Gasteiger partial charge on any atom is 0.319 e. The van der Waals surface area contributed by atoms with Gasteiger partial charge in [0.15, 0.2) is 5.82 Å². The molecule has 2 bridgehead atoms. The Bertz CT molecular complexity index is 1840. The summed E-state index contributed by atoms with van der Waals surface area (Å²) in [5, 5.41) is 5.48. The van der Waals surface area contributed by atoms with E-state index in [0.717, 1.165) is 37.6 Å². The molecule has 11 heteroatoms. The first-order valence-electron chi connectivity index (χ1n) is 15.7. The van der Waals surface area contributed by atoms with Gasteiger partial charge >= 0.3 is 6.01 Å². The largest absolute Gasteiger partial charge is 0.475 e. The number of hydrogen-bond donors (Lipinski definition) is 1. The number of anilines is 1. The van der Waals surface area contributed by atoms with Gasteiger partial charge in [0.25, 0.3) is 0 Å². The van der Waals surface area contributed by atoms with Crippen LogP contribution in [-0.2, 0) is 0 Å². The predicted octanol–water partition coefficient (Wildman–Crippen LogP) is 5.09. The first-order chi connectivity index (χ1) is 21.4. The van der Waals surface area contributed by atoms with Crippen LogP contribution in [0, 0.1) is 18.6 Å². The lowest BCUT2D eigenvalue weighted by Crippen LogP contribution is -2.60. The lowest BCUT2D eigenvalue weighted by molar-refractivity contribution is 0.107. The highest BCUT2D eigenvalue weighted by Crippen LogP contribution is 2.45. The summed E-state index contributed by atoms with van der Waals surface area (Å²) in [5.41, 5.74) is 0.575. The molecular formula is C33H33F3N6O2. The molecule has 5 unspecified atom stereocenters. The normalized spacial score (nSPS) is 29.1. The molecule has 5 atom stereocenters. The third-order valence-electron chi connectivity index (χ3n) is 10.7. The van der Waals surface area contributed by atoms with Gasteiger partial charge in [0, 0.05) is 37.2 Å². The van der Waals surface area contributed by atoms with Gasteiger partial charge in [-0.15, -0.1) is 0 Å². The molecule has 5 aliphatic heterocycles. The molecule has 0 aliphatic carbocycles. The SMILES string of the molecule is Cc1c(F)ccc2cccc(-c3nc4c5c(nc(OCC67CCCN6CC(F)C7)nc5c3F)N3CC5CCC(N5)C3CO4)c12. The number of benzene rings is 2. The van der Waals surface area contributed by atoms with Crippen molar-refractivity contribution in [2.45, 2.75) is 68.9 Å². The molecule has 0 spiro atoms. The molecule has 7 heterocycles. The molecule has 44 heavy (non-hydrogen) atoms. The van der Waals surface area contributed by atoms with Crippen LogP contribution in [0.15, 0.2) is 30.3 Å². The molecule has 1 N–H and O–H groups in total. The molecular weight excluding hydrogens is 569 g/mol. The zero-order valence-electron chi connectivity index (χ0n) is 24.5. The number of aromatic nitrogens is 3. The summed E-state index contributed by atoms with van der Waals surface area (Å²) in [7, 11) is 0. The van der Waals surface area contributed by atoms with E-state index in [4.69, 9.17) is 19.4 Å². The van der Waals surface area contributed by atoms with Crippen molar-refractivity contribution in [1.29, 1.82) is 0 Å². The Morgan fingerprint density at radius 2 is 2.00 bits per heavy atom. The van der Waals surface area contributed by atoms with E-state index in [2.05, 4.69) is 20.1 Å². The Balaban J connectivity index is 1.23.